The molecule has 0 radical (unpaired) electrons. The summed E-state index contributed by atoms with van der Waals surface area (Å²) in [7, 11) is 1.52. The van der Waals surface area contributed by atoms with Crippen LogP contribution in [0.25, 0.3) is 0 Å². The van der Waals surface area contributed by atoms with Gasteiger partial charge in [-0.25, -0.2) is 14.8 Å². The van der Waals surface area contributed by atoms with E-state index in [1.54, 1.807) is 6.92 Å². The first-order chi connectivity index (χ1) is 17.2. The molecule has 0 saturated carbocycles. The third kappa shape index (κ3) is 5.33. The number of H-pyrrole nitrogens is 1. The topological polar surface area (TPSA) is 163 Å². The zero-order valence-electron chi connectivity index (χ0n) is 19.1. The van der Waals surface area contributed by atoms with Crippen molar-refractivity contribution in [3.8, 4) is 0 Å². The number of aromatic amines is 1. The molecule has 36 heavy (non-hydrogen) atoms. The van der Waals surface area contributed by atoms with Crippen molar-refractivity contribution in [1.29, 1.82) is 0 Å². The van der Waals surface area contributed by atoms with Crippen LogP contribution in [0, 0.1) is 6.92 Å². The molecule has 192 valence electrons. The molecule has 4 rings (SSSR count). The zero-order chi connectivity index (χ0) is 26.0. The number of nitrogens with one attached hydrogen (secondary N) is 3. The number of ether oxygens (including phenoxy) is 1. The largest absolute Gasteiger partial charge is 0.477 e. The lowest BCUT2D eigenvalue weighted by atomic mass is 10.0. The quantitative estimate of drug-likeness (QED) is 0.326. The molecule has 3 aromatic heterocycles. The van der Waals surface area contributed by atoms with Crippen LogP contribution in [0.4, 0.5) is 5.13 Å². The molecule has 0 spiro atoms. The van der Waals surface area contributed by atoms with Gasteiger partial charge in [0.1, 0.15) is 16.8 Å². The number of thiazole rings is 1. The van der Waals surface area contributed by atoms with Crippen LogP contribution in [0.3, 0.4) is 0 Å². The molecular weight excluding hydrogens is 535 g/mol. The average molecular weight is 557 g/mol. The van der Waals surface area contributed by atoms with E-state index in [-0.39, 0.29) is 44.8 Å². The molecule has 1 fully saturated rings. The van der Waals surface area contributed by atoms with E-state index in [0.717, 1.165) is 11.3 Å². The van der Waals surface area contributed by atoms with Crippen LogP contribution in [-0.4, -0.2) is 70.2 Å². The number of anilines is 1. The second-order valence-electron chi connectivity index (χ2n) is 7.93. The Morgan fingerprint density at radius 1 is 1.33 bits per heavy atom. The monoisotopic (exact) mass is 556 g/mol. The Kier molecular flexibility index (Phi) is 7.83. The number of hydrogen-bond acceptors (Lipinski definition) is 9. The summed E-state index contributed by atoms with van der Waals surface area (Å²) in [5.41, 5.74) is 0.554. The van der Waals surface area contributed by atoms with Gasteiger partial charge >= 0.3 is 5.97 Å². The maximum Gasteiger partial charge on any atom is 0.348 e. The molecule has 1 unspecified atom stereocenters. The predicted octanol–water partition coefficient (Wildman–Crippen LogP) is 2.73. The van der Waals surface area contributed by atoms with Gasteiger partial charge in [-0.3, -0.25) is 9.59 Å². The lowest BCUT2D eigenvalue weighted by Crippen LogP contribution is -2.55. The van der Waals surface area contributed by atoms with Crippen molar-refractivity contribution in [2.75, 3.05) is 25.1 Å². The number of carbonyl (C=O) groups excluding carboxylic acids is 2. The fraction of sp³-hybridized carbons (Fsp3) is 0.381. The fourth-order valence-corrected chi connectivity index (χ4v) is 5.14. The van der Waals surface area contributed by atoms with Crippen molar-refractivity contribution >= 4 is 57.5 Å². The molecule has 3 aromatic rings. The van der Waals surface area contributed by atoms with Gasteiger partial charge in [-0.05, 0) is 13.3 Å². The van der Waals surface area contributed by atoms with Gasteiger partial charge in [0.05, 0.1) is 34.9 Å². The van der Waals surface area contributed by atoms with Gasteiger partial charge in [0.25, 0.3) is 11.8 Å². The number of aromatic nitrogens is 3. The summed E-state index contributed by atoms with van der Waals surface area (Å²) in [4.78, 5) is 49.9. The first-order valence-corrected chi connectivity index (χ1v) is 12.3. The minimum Gasteiger partial charge on any atom is -0.477 e. The van der Waals surface area contributed by atoms with Crippen molar-refractivity contribution in [3.05, 3.63) is 50.4 Å². The Hall–Kier alpha value is -3.13. The zero-order valence-corrected chi connectivity index (χ0v) is 21.5. The minimum atomic E-state index is -1.26. The first-order valence-electron chi connectivity index (χ1n) is 10.7. The normalized spacial score (nSPS) is 17.7. The summed E-state index contributed by atoms with van der Waals surface area (Å²) in [6.45, 7) is 2.45. The van der Waals surface area contributed by atoms with Gasteiger partial charge in [0, 0.05) is 25.9 Å². The number of amides is 2. The molecule has 1 aliphatic rings. The SMILES string of the molecule is CO[C@H]1CN(c2nc(C(=O)NCc3ncco3)c(C(=O)O)s2)CCC1NC(=O)c1[nH]c(C)c(Cl)c1Cl. The van der Waals surface area contributed by atoms with E-state index in [4.69, 9.17) is 32.4 Å². The number of aromatic carboxylic acids is 1. The Bertz CT molecular complexity index is 1280. The fourth-order valence-electron chi connectivity index (χ4n) is 3.79. The van der Waals surface area contributed by atoms with E-state index in [9.17, 15) is 19.5 Å². The number of halogens is 2. The van der Waals surface area contributed by atoms with Crippen molar-refractivity contribution in [1.82, 2.24) is 25.6 Å². The maximum atomic E-state index is 12.8. The molecule has 0 aliphatic carbocycles. The molecule has 2 atom stereocenters. The number of piperidine rings is 1. The number of aryl methyl sites for hydroxylation is 1. The van der Waals surface area contributed by atoms with E-state index in [2.05, 4.69) is 25.6 Å². The van der Waals surface area contributed by atoms with Crippen LogP contribution in [0.5, 0.6) is 0 Å². The molecule has 4 heterocycles. The van der Waals surface area contributed by atoms with Crippen LogP contribution >= 0.6 is 34.5 Å². The molecule has 1 saturated heterocycles. The Morgan fingerprint density at radius 2 is 2.11 bits per heavy atom. The van der Waals surface area contributed by atoms with Crippen LogP contribution in [0.2, 0.25) is 10.0 Å². The number of carbonyl (C=O) groups is 3. The van der Waals surface area contributed by atoms with Crippen molar-refractivity contribution in [2.24, 2.45) is 0 Å². The third-order valence-corrected chi connectivity index (χ3v) is 7.69. The highest BCUT2D eigenvalue weighted by Gasteiger charge is 2.34. The molecule has 15 heteroatoms. The number of methoxy groups -OCH3 is 1. The number of carboxylic acid groups (broad SMARTS) is 1. The van der Waals surface area contributed by atoms with Gasteiger partial charge in [-0.1, -0.05) is 34.5 Å². The highest BCUT2D eigenvalue weighted by atomic mass is 35.5. The van der Waals surface area contributed by atoms with Crippen molar-refractivity contribution in [2.45, 2.75) is 32.0 Å². The lowest BCUT2D eigenvalue weighted by Gasteiger charge is -2.37. The van der Waals surface area contributed by atoms with Crippen molar-refractivity contribution < 1.29 is 28.6 Å². The van der Waals surface area contributed by atoms with E-state index >= 15 is 0 Å². The number of carboxylic acids is 1. The molecule has 1 aliphatic heterocycles. The van der Waals surface area contributed by atoms with Crippen LogP contribution in [-0.2, 0) is 11.3 Å². The standard InChI is InChI=1S/C21H22Cl2N6O6S/c1-9-13(22)14(23)15(26-9)19(31)27-10-3-5-29(8-11(10)34-2)21-28-16(17(36-21)20(32)33)18(30)25-7-12-24-4-6-35-12/h4,6,10-11,26H,3,5,7-8H2,1-2H3,(H,25,30)(H,27,31)(H,32,33)/t10?,11-/m0/s1. The first kappa shape index (κ1) is 25.9. The Labute approximate surface area is 218 Å². The van der Waals surface area contributed by atoms with Crippen LogP contribution in [0.15, 0.2) is 16.9 Å². The van der Waals surface area contributed by atoms with E-state index in [1.807, 2.05) is 4.90 Å². The summed E-state index contributed by atoms with van der Waals surface area (Å²) in [5, 5.41) is 15.9. The van der Waals surface area contributed by atoms with Gasteiger partial charge in [0.2, 0.25) is 5.89 Å². The van der Waals surface area contributed by atoms with Gasteiger partial charge in [0.15, 0.2) is 10.8 Å². The second-order valence-corrected chi connectivity index (χ2v) is 9.66. The summed E-state index contributed by atoms with van der Waals surface area (Å²) in [5.74, 6) is -2.05. The van der Waals surface area contributed by atoms with Crippen molar-refractivity contribution in [3.63, 3.8) is 0 Å². The third-order valence-electron chi connectivity index (χ3n) is 5.64. The highest BCUT2D eigenvalue weighted by Crippen LogP contribution is 2.31. The van der Waals surface area contributed by atoms with Crippen LogP contribution < -0.4 is 15.5 Å². The summed E-state index contributed by atoms with van der Waals surface area (Å²) in [6, 6.07) is -0.348. The molecule has 0 bridgehead atoms. The molecule has 4 N–H and O–H groups in total. The molecule has 2 amide bonds. The summed E-state index contributed by atoms with van der Waals surface area (Å²) in [6.07, 6.45) is 2.84. The predicted molar refractivity (Wildman–Crippen MR) is 131 cm³/mol. The summed E-state index contributed by atoms with van der Waals surface area (Å²) >= 11 is 13.1. The van der Waals surface area contributed by atoms with E-state index < -0.39 is 23.9 Å². The second kappa shape index (κ2) is 10.9. The summed E-state index contributed by atoms with van der Waals surface area (Å²) < 4.78 is 10.7. The average Bonchev–Trinajstić information content (AvgIpc) is 3.60. The number of rotatable bonds is 8. The Balaban J connectivity index is 1.45. The number of nitrogens with zero attached hydrogens (tertiary/aromatic N) is 3. The van der Waals surface area contributed by atoms with Gasteiger partial charge < -0.3 is 34.8 Å². The van der Waals surface area contributed by atoms with E-state index in [0.29, 0.717) is 30.3 Å². The number of hydrogen-bond donors (Lipinski definition) is 4. The molecule has 0 aromatic carbocycles. The number of oxazole rings is 1. The smallest absolute Gasteiger partial charge is 0.348 e. The van der Waals surface area contributed by atoms with Crippen LogP contribution in [0.1, 0.15) is 48.7 Å². The van der Waals surface area contributed by atoms with Gasteiger partial charge in [-0.2, -0.15) is 0 Å². The van der Waals surface area contributed by atoms with E-state index in [1.165, 1.54) is 19.6 Å². The maximum absolute atomic E-state index is 12.8. The highest BCUT2D eigenvalue weighted by molar-refractivity contribution is 7.17. The Morgan fingerprint density at radius 3 is 2.72 bits per heavy atom. The molecule has 12 nitrogen and oxygen atoms in total. The molecular formula is C21H22Cl2N6O6S. The minimum absolute atomic E-state index is 0.00976. The lowest BCUT2D eigenvalue weighted by molar-refractivity contribution is 0.0540. The van der Waals surface area contributed by atoms with Gasteiger partial charge in [-0.15, -0.1) is 0 Å².